The molecule has 0 aromatic carbocycles. The van der Waals surface area contributed by atoms with Crippen LogP contribution in [-0.2, 0) is 10.9 Å². The number of aromatic nitrogens is 2. The van der Waals surface area contributed by atoms with E-state index in [-0.39, 0.29) is 11.4 Å². The number of nitrogens with zero attached hydrogens (tertiary/aromatic N) is 2. The Morgan fingerprint density at radius 3 is 2.88 bits per heavy atom. The first-order valence-corrected chi connectivity index (χ1v) is 8.29. The molecule has 8 heteroatoms. The molecule has 0 spiro atoms. The lowest BCUT2D eigenvalue weighted by atomic mass is 9.55. The molecule has 24 heavy (non-hydrogen) atoms. The summed E-state index contributed by atoms with van der Waals surface area (Å²) < 4.78 is 43.7. The van der Waals surface area contributed by atoms with E-state index in [1.54, 1.807) is 0 Å². The van der Waals surface area contributed by atoms with Gasteiger partial charge in [-0.2, -0.15) is 13.2 Å². The summed E-state index contributed by atoms with van der Waals surface area (Å²) >= 11 is 0. The molecule has 2 N–H and O–H groups in total. The summed E-state index contributed by atoms with van der Waals surface area (Å²) in [4.78, 5) is 7.32. The van der Waals surface area contributed by atoms with Crippen LogP contribution >= 0.6 is 0 Å². The number of alkyl halides is 3. The Kier molecular flexibility index (Phi) is 4.70. The monoisotopic (exact) mass is 344 g/mol. The molecule has 1 aromatic rings. The van der Waals surface area contributed by atoms with Crippen molar-refractivity contribution in [3.63, 3.8) is 0 Å². The van der Waals surface area contributed by atoms with E-state index in [4.69, 9.17) is 4.74 Å². The van der Waals surface area contributed by atoms with E-state index in [1.165, 1.54) is 0 Å². The molecule has 1 saturated carbocycles. The first-order chi connectivity index (χ1) is 11.3. The zero-order chi connectivity index (χ0) is 17.4. The second-order valence-electron chi connectivity index (χ2n) is 7.04. The lowest BCUT2D eigenvalue weighted by molar-refractivity contribution is -0.192. The van der Waals surface area contributed by atoms with Crippen molar-refractivity contribution in [3.05, 3.63) is 18.0 Å². The largest absolute Gasteiger partial charge is 0.433 e. The highest BCUT2D eigenvalue weighted by molar-refractivity contribution is 5.26. The minimum Gasteiger partial charge on any atom is -0.377 e. The van der Waals surface area contributed by atoms with E-state index < -0.39 is 11.9 Å². The maximum absolute atomic E-state index is 12.6. The number of hydrogen-bond acceptors (Lipinski definition) is 5. The average molecular weight is 344 g/mol. The van der Waals surface area contributed by atoms with Gasteiger partial charge in [0.15, 0.2) is 0 Å². The zero-order valence-electron chi connectivity index (χ0n) is 13.9. The van der Waals surface area contributed by atoms with Crippen molar-refractivity contribution in [3.8, 4) is 0 Å². The van der Waals surface area contributed by atoms with Crippen molar-refractivity contribution in [2.24, 2.45) is 11.3 Å². The van der Waals surface area contributed by atoms with Gasteiger partial charge in [0.1, 0.15) is 5.69 Å². The maximum atomic E-state index is 12.6. The number of ether oxygens (including phenoxy) is 1. The Morgan fingerprint density at radius 1 is 1.33 bits per heavy atom. The average Bonchev–Trinajstić information content (AvgIpc) is 2.54. The van der Waals surface area contributed by atoms with Gasteiger partial charge >= 0.3 is 6.18 Å². The van der Waals surface area contributed by atoms with Gasteiger partial charge in [0.05, 0.1) is 6.10 Å². The Morgan fingerprint density at radius 2 is 2.12 bits per heavy atom. The standard InChI is InChI=1S/C16H23F3N4O/c1-15(2)12(10-4-3-9-24-13(10)15)20-7-8-22-14-21-6-5-11(23-14)16(17,18)19/h5-6,10,12-13,20H,3-4,7-9H2,1-2H3,(H,21,22,23)/t10-,12+,13+/m0/s1. The summed E-state index contributed by atoms with van der Waals surface area (Å²) in [5.41, 5.74) is -0.854. The van der Waals surface area contributed by atoms with E-state index in [2.05, 4.69) is 34.4 Å². The van der Waals surface area contributed by atoms with Crippen LogP contribution in [0.4, 0.5) is 19.1 Å². The Balaban J connectivity index is 1.48. The van der Waals surface area contributed by atoms with Crippen LogP contribution < -0.4 is 10.6 Å². The number of rotatable bonds is 5. The molecule has 2 heterocycles. The van der Waals surface area contributed by atoms with Gasteiger partial charge in [-0.25, -0.2) is 9.97 Å². The smallest absolute Gasteiger partial charge is 0.377 e. The number of anilines is 1. The Bertz CT molecular complexity index is 579. The molecule has 5 nitrogen and oxygen atoms in total. The SMILES string of the molecule is CC1(C)[C@H](NCCNc2nccc(C(F)(F)F)n2)[C@@H]2CCCO[C@H]21. The Labute approximate surface area is 139 Å². The van der Waals surface area contributed by atoms with Gasteiger partial charge in [0, 0.05) is 43.3 Å². The molecule has 0 amide bonds. The van der Waals surface area contributed by atoms with Gasteiger partial charge in [0.2, 0.25) is 5.95 Å². The fourth-order valence-corrected chi connectivity index (χ4v) is 3.94. The highest BCUT2D eigenvalue weighted by atomic mass is 19.4. The first kappa shape index (κ1) is 17.4. The third-order valence-electron chi connectivity index (χ3n) is 5.05. The zero-order valence-corrected chi connectivity index (χ0v) is 13.9. The van der Waals surface area contributed by atoms with Crippen molar-refractivity contribution in [2.45, 2.75) is 45.0 Å². The van der Waals surface area contributed by atoms with Crippen LogP contribution in [0.1, 0.15) is 32.4 Å². The summed E-state index contributed by atoms with van der Waals surface area (Å²) in [6.45, 7) is 6.33. The third-order valence-corrected chi connectivity index (χ3v) is 5.05. The van der Waals surface area contributed by atoms with Gasteiger partial charge < -0.3 is 15.4 Å². The summed E-state index contributed by atoms with van der Waals surface area (Å²) in [7, 11) is 0. The molecule has 0 radical (unpaired) electrons. The molecule has 3 atom stereocenters. The highest BCUT2D eigenvalue weighted by Crippen LogP contribution is 2.51. The molecule has 2 aliphatic rings. The predicted molar refractivity (Wildman–Crippen MR) is 83.6 cm³/mol. The van der Waals surface area contributed by atoms with Gasteiger partial charge in [-0.1, -0.05) is 13.8 Å². The van der Waals surface area contributed by atoms with E-state index in [0.717, 1.165) is 31.7 Å². The predicted octanol–water partition coefficient (Wildman–Crippen LogP) is 2.70. The quantitative estimate of drug-likeness (QED) is 0.805. The number of nitrogens with one attached hydrogen (secondary N) is 2. The summed E-state index contributed by atoms with van der Waals surface area (Å²) in [6.07, 6.45) is -0.779. The van der Waals surface area contributed by atoms with Crippen LogP contribution in [0.15, 0.2) is 12.3 Å². The highest BCUT2D eigenvalue weighted by Gasteiger charge is 2.57. The van der Waals surface area contributed by atoms with Crippen LogP contribution in [0.3, 0.4) is 0 Å². The summed E-state index contributed by atoms with van der Waals surface area (Å²) in [5, 5.41) is 6.35. The van der Waals surface area contributed by atoms with Crippen molar-refractivity contribution in [2.75, 3.05) is 25.0 Å². The molecular formula is C16H23F3N4O. The second-order valence-corrected chi connectivity index (χ2v) is 7.04. The lowest BCUT2D eigenvalue weighted by Crippen LogP contribution is -2.69. The molecule has 3 rings (SSSR count). The van der Waals surface area contributed by atoms with Crippen LogP contribution in [0.5, 0.6) is 0 Å². The summed E-state index contributed by atoms with van der Waals surface area (Å²) in [5.74, 6) is 0.525. The molecule has 1 aliphatic heterocycles. The molecule has 1 aliphatic carbocycles. The second kappa shape index (κ2) is 6.48. The van der Waals surface area contributed by atoms with Gasteiger partial charge in [0.25, 0.3) is 0 Å². The molecule has 0 bridgehead atoms. The minimum absolute atomic E-state index is 0.00151. The number of halogens is 3. The van der Waals surface area contributed by atoms with Gasteiger partial charge in [-0.15, -0.1) is 0 Å². The fraction of sp³-hybridized carbons (Fsp3) is 0.750. The molecular weight excluding hydrogens is 321 g/mol. The van der Waals surface area contributed by atoms with Crippen LogP contribution in [0.25, 0.3) is 0 Å². The normalized spacial score (nSPS) is 28.8. The minimum atomic E-state index is -4.45. The van der Waals surface area contributed by atoms with Crippen LogP contribution in [0, 0.1) is 11.3 Å². The molecule has 134 valence electrons. The first-order valence-electron chi connectivity index (χ1n) is 8.29. The fourth-order valence-electron chi connectivity index (χ4n) is 3.94. The van der Waals surface area contributed by atoms with E-state index >= 15 is 0 Å². The summed E-state index contributed by atoms with van der Waals surface area (Å²) in [6, 6.07) is 1.23. The van der Waals surface area contributed by atoms with Crippen molar-refractivity contribution in [1.29, 1.82) is 0 Å². The third kappa shape index (κ3) is 3.35. The van der Waals surface area contributed by atoms with Crippen molar-refractivity contribution in [1.82, 2.24) is 15.3 Å². The van der Waals surface area contributed by atoms with Crippen LogP contribution in [0.2, 0.25) is 0 Å². The Hall–Kier alpha value is -1.41. The van der Waals surface area contributed by atoms with Crippen molar-refractivity contribution >= 4 is 5.95 Å². The van der Waals surface area contributed by atoms with E-state index in [0.29, 0.717) is 31.2 Å². The molecule has 0 unspecified atom stereocenters. The van der Waals surface area contributed by atoms with Crippen molar-refractivity contribution < 1.29 is 17.9 Å². The molecule has 1 aromatic heterocycles. The van der Waals surface area contributed by atoms with Crippen LogP contribution in [-0.4, -0.2) is 41.8 Å². The molecule has 1 saturated heterocycles. The van der Waals surface area contributed by atoms with E-state index in [9.17, 15) is 13.2 Å². The lowest BCUT2D eigenvalue weighted by Gasteiger charge is -2.60. The van der Waals surface area contributed by atoms with Gasteiger partial charge in [-0.3, -0.25) is 0 Å². The van der Waals surface area contributed by atoms with Gasteiger partial charge in [-0.05, 0) is 18.9 Å². The molecule has 2 fully saturated rings. The number of fused-ring (bicyclic) bond motifs is 1. The van der Waals surface area contributed by atoms with E-state index in [1.807, 2.05) is 0 Å². The number of hydrogen-bond donors (Lipinski definition) is 2. The topological polar surface area (TPSA) is 59.1 Å². The maximum Gasteiger partial charge on any atom is 0.433 e.